The van der Waals surface area contributed by atoms with E-state index in [1.807, 2.05) is 0 Å². The number of hydrogen-bond acceptors (Lipinski definition) is 0. The van der Waals surface area contributed by atoms with Crippen LogP contribution in [0.25, 0.3) is 0 Å². The zero-order valence-corrected chi connectivity index (χ0v) is 3.82. The number of hydrogen-bond donors (Lipinski definition) is 0. The lowest BCUT2D eigenvalue weighted by Crippen LogP contribution is -1.88. The van der Waals surface area contributed by atoms with Crippen molar-refractivity contribution < 1.29 is 8.78 Å². The second-order valence-electron chi connectivity index (χ2n) is 1.69. The first-order valence-electron chi connectivity index (χ1n) is 2.27. The van der Waals surface area contributed by atoms with Crippen molar-refractivity contribution >= 4 is 0 Å². The maximum absolute atomic E-state index is 11.9. The van der Waals surface area contributed by atoms with E-state index < -0.39 is 6.17 Å². The summed E-state index contributed by atoms with van der Waals surface area (Å²) in [5, 5.41) is 0. The molecule has 7 heavy (non-hydrogen) atoms. The largest absolute Gasteiger partial charge is 0.247 e. The van der Waals surface area contributed by atoms with Crippen LogP contribution in [0.3, 0.4) is 0 Å². The van der Waals surface area contributed by atoms with Gasteiger partial charge in [-0.15, -0.1) is 0 Å². The molecule has 0 fully saturated rings. The molecule has 1 atom stereocenters. The van der Waals surface area contributed by atoms with E-state index in [4.69, 9.17) is 0 Å². The van der Waals surface area contributed by atoms with E-state index in [1.165, 1.54) is 6.08 Å². The molecule has 1 aliphatic rings. The van der Waals surface area contributed by atoms with Crippen molar-refractivity contribution in [3.05, 3.63) is 11.9 Å². The topological polar surface area (TPSA) is 0 Å². The van der Waals surface area contributed by atoms with E-state index in [0.717, 1.165) is 0 Å². The molecule has 0 spiro atoms. The quantitative estimate of drug-likeness (QED) is 0.440. The zero-order chi connectivity index (χ0) is 5.28. The van der Waals surface area contributed by atoms with Gasteiger partial charge in [0, 0.05) is 6.42 Å². The van der Waals surface area contributed by atoms with Gasteiger partial charge in [-0.1, -0.05) is 0 Å². The second-order valence-corrected chi connectivity index (χ2v) is 1.69. The van der Waals surface area contributed by atoms with Crippen LogP contribution in [-0.2, 0) is 0 Å². The molecule has 0 N–H and O–H groups in total. The van der Waals surface area contributed by atoms with Crippen molar-refractivity contribution in [1.82, 2.24) is 0 Å². The Morgan fingerprint density at radius 1 is 1.71 bits per heavy atom. The Labute approximate surface area is 40.8 Å². The van der Waals surface area contributed by atoms with E-state index in [-0.39, 0.29) is 18.7 Å². The molecule has 0 nitrogen and oxygen atoms in total. The van der Waals surface area contributed by atoms with Crippen LogP contribution in [0.15, 0.2) is 11.9 Å². The zero-order valence-electron chi connectivity index (χ0n) is 3.82. The van der Waals surface area contributed by atoms with Crippen molar-refractivity contribution in [2.24, 2.45) is 0 Å². The fraction of sp³-hybridized carbons (Fsp3) is 0.600. The highest BCUT2D eigenvalue weighted by molar-refractivity contribution is 5.02. The monoisotopic (exact) mass is 104 g/mol. The van der Waals surface area contributed by atoms with E-state index in [2.05, 4.69) is 0 Å². The SMILES string of the molecule is FC1=CCC(F)C1. The van der Waals surface area contributed by atoms with Gasteiger partial charge in [-0.25, -0.2) is 8.78 Å². The van der Waals surface area contributed by atoms with E-state index in [0.29, 0.717) is 0 Å². The van der Waals surface area contributed by atoms with Crippen molar-refractivity contribution in [3.63, 3.8) is 0 Å². The molecule has 0 aromatic rings. The van der Waals surface area contributed by atoms with Crippen molar-refractivity contribution in [2.75, 3.05) is 0 Å². The number of allylic oxidation sites excluding steroid dienone is 2. The summed E-state index contributed by atoms with van der Waals surface area (Å²) in [5.74, 6) is -0.299. The van der Waals surface area contributed by atoms with Gasteiger partial charge >= 0.3 is 0 Å². The minimum Gasteiger partial charge on any atom is -0.247 e. The van der Waals surface area contributed by atoms with Gasteiger partial charge in [0.2, 0.25) is 0 Å². The van der Waals surface area contributed by atoms with Gasteiger partial charge in [-0.2, -0.15) is 0 Å². The van der Waals surface area contributed by atoms with Gasteiger partial charge in [0.15, 0.2) is 0 Å². The molecule has 0 saturated carbocycles. The molecule has 1 unspecified atom stereocenters. The summed E-state index contributed by atoms with van der Waals surface area (Å²) < 4.78 is 23.7. The number of rotatable bonds is 0. The molecule has 0 radical (unpaired) electrons. The fourth-order valence-corrected chi connectivity index (χ4v) is 0.634. The molecule has 0 aromatic heterocycles. The molecule has 0 aromatic carbocycles. The third-order valence-electron chi connectivity index (χ3n) is 1.01. The highest BCUT2D eigenvalue weighted by Gasteiger charge is 2.14. The molecule has 0 amide bonds. The molecular weight excluding hydrogens is 98.1 g/mol. The molecule has 0 bridgehead atoms. The molecule has 2 heteroatoms. The predicted octanol–water partition coefficient (Wildman–Crippen LogP) is 1.97. The summed E-state index contributed by atoms with van der Waals surface area (Å²) in [4.78, 5) is 0. The smallest absolute Gasteiger partial charge is 0.110 e. The lowest BCUT2D eigenvalue weighted by Gasteiger charge is -1.88. The minimum absolute atomic E-state index is 0. The van der Waals surface area contributed by atoms with Crippen LogP contribution < -0.4 is 0 Å². The van der Waals surface area contributed by atoms with Crippen LogP contribution in [0, 0.1) is 0 Å². The third-order valence-corrected chi connectivity index (χ3v) is 1.01. The van der Waals surface area contributed by atoms with Crippen molar-refractivity contribution in [1.29, 1.82) is 0 Å². The van der Waals surface area contributed by atoms with E-state index >= 15 is 0 Å². The van der Waals surface area contributed by atoms with Gasteiger partial charge in [0.1, 0.15) is 6.17 Å². The summed E-state index contributed by atoms with van der Waals surface area (Å²) in [5.41, 5.74) is 0. The first kappa shape index (κ1) is 4.75. The van der Waals surface area contributed by atoms with E-state index in [9.17, 15) is 8.78 Å². The van der Waals surface area contributed by atoms with Crippen molar-refractivity contribution in [2.45, 2.75) is 19.0 Å². The third kappa shape index (κ3) is 0.981. The minimum atomic E-state index is -0.944. The number of halogens is 2. The highest BCUT2D eigenvalue weighted by atomic mass is 19.1. The fourth-order valence-electron chi connectivity index (χ4n) is 0.634. The first-order valence-corrected chi connectivity index (χ1v) is 2.27. The summed E-state index contributed by atoms with van der Waals surface area (Å²) in [7, 11) is 0. The predicted molar refractivity (Wildman–Crippen MR) is 23.3 cm³/mol. The number of alkyl halides is 1. The molecule has 0 saturated heterocycles. The maximum atomic E-state index is 11.9. The van der Waals surface area contributed by atoms with Gasteiger partial charge < -0.3 is 0 Å². The Balaban J connectivity index is 2.42. The lowest BCUT2D eigenvalue weighted by atomic mass is 10.3. The van der Waals surface area contributed by atoms with Crippen LogP contribution in [0.5, 0.6) is 0 Å². The van der Waals surface area contributed by atoms with Crippen molar-refractivity contribution in [3.8, 4) is 0 Å². The molecule has 0 heterocycles. The van der Waals surface area contributed by atoms with Crippen LogP contribution in [-0.4, -0.2) is 6.17 Å². The molecule has 0 aliphatic heterocycles. The molecule has 1 aliphatic carbocycles. The van der Waals surface area contributed by atoms with Gasteiger partial charge in [-0.05, 0) is 12.5 Å². The van der Waals surface area contributed by atoms with Crippen LogP contribution in [0.4, 0.5) is 8.78 Å². The summed E-state index contributed by atoms with van der Waals surface area (Å²) in [6, 6.07) is 0. The molecule has 40 valence electrons. The van der Waals surface area contributed by atoms with Gasteiger partial charge in [0.25, 0.3) is 0 Å². The Morgan fingerprint density at radius 3 is 2.57 bits per heavy atom. The summed E-state index contributed by atoms with van der Waals surface area (Å²) in [6.45, 7) is 0. The van der Waals surface area contributed by atoms with Crippen LogP contribution in [0.2, 0.25) is 0 Å². The summed E-state index contributed by atoms with van der Waals surface area (Å²) in [6.07, 6.45) is 0.622. The average molecular weight is 104 g/mol. The summed E-state index contributed by atoms with van der Waals surface area (Å²) >= 11 is 0. The molecular formula is C5H6F2. The van der Waals surface area contributed by atoms with Crippen LogP contribution >= 0.6 is 0 Å². The first-order chi connectivity index (χ1) is 3.29. The Kier molecular flexibility index (Phi) is 1.09. The maximum Gasteiger partial charge on any atom is 0.110 e. The Bertz CT molecular complexity index is 96.3. The Morgan fingerprint density at radius 2 is 2.43 bits per heavy atom. The van der Waals surface area contributed by atoms with Crippen LogP contribution in [0.1, 0.15) is 12.8 Å². The van der Waals surface area contributed by atoms with E-state index in [1.54, 1.807) is 0 Å². The lowest BCUT2D eigenvalue weighted by molar-refractivity contribution is 0.338. The highest BCUT2D eigenvalue weighted by Crippen LogP contribution is 2.21. The normalized spacial score (nSPS) is 30.6. The molecule has 1 rings (SSSR count). The average Bonchev–Trinajstić information content (AvgIpc) is 1.87. The second kappa shape index (κ2) is 1.60. The van der Waals surface area contributed by atoms with Gasteiger partial charge in [0.05, 0.1) is 5.83 Å². The Hall–Kier alpha value is -0.400. The van der Waals surface area contributed by atoms with Gasteiger partial charge in [-0.3, -0.25) is 0 Å². The standard InChI is InChI=1S/C5H6F2/c6-4-1-2-5(7)3-4/h1,5H,2-3H2.